The predicted molar refractivity (Wildman–Crippen MR) is 81.9 cm³/mol. The predicted octanol–water partition coefficient (Wildman–Crippen LogP) is 3.37. The number of hydrogen-bond acceptors (Lipinski definition) is 4. The topological polar surface area (TPSA) is 65.0 Å². The zero-order valence-electron chi connectivity index (χ0n) is 12.5. The number of carbonyl (C=O) groups is 1. The maximum absolute atomic E-state index is 11.1. The van der Waals surface area contributed by atoms with E-state index in [1.54, 1.807) is 25.3 Å². The summed E-state index contributed by atoms with van der Waals surface area (Å²) in [4.78, 5) is 11.1. The van der Waals surface area contributed by atoms with Crippen LogP contribution in [0.2, 0.25) is 0 Å². The quantitative estimate of drug-likeness (QED) is 0.849. The molecule has 0 atom stereocenters. The van der Waals surface area contributed by atoms with Crippen molar-refractivity contribution in [2.45, 2.75) is 13.5 Å². The lowest BCUT2D eigenvalue weighted by atomic mass is 10.1. The minimum absolute atomic E-state index is 0.202. The molecule has 0 aromatic heterocycles. The number of carboxylic acid groups (broad SMARTS) is 1. The number of rotatable bonds is 7. The third-order valence-corrected chi connectivity index (χ3v) is 3.04. The molecule has 1 N–H and O–H groups in total. The molecule has 116 valence electrons. The van der Waals surface area contributed by atoms with Crippen LogP contribution in [0.3, 0.4) is 0 Å². The Kier molecular flexibility index (Phi) is 5.25. The third-order valence-electron chi connectivity index (χ3n) is 3.04. The second-order valence-corrected chi connectivity index (χ2v) is 4.53. The number of hydrogen-bond donors (Lipinski definition) is 1. The van der Waals surface area contributed by atoms with Crippen molar-refractivity contribution in [3.63, 3.8) is 0 Å². The van der Waals surface area contributed by atoms with Gasteiger partial charge in [-0.3, -0.25) is 0 Å². The molecule has 5 nitrogen and oxygen atoms in total. The van der Waals surface area contributed by atoms with E-state index in [1.165, 1.54) is 6.07 Å². The van der Waals surface area contributed by atoms with E-state index in [4.69, 9.17) is 19.3 Å². The largest absolute Gasteiger partial charge is 0.497 e. The van der Waals surface area contributed by atoms with E-state index in [9.17, 15) is 4.79 Å². The Balaban J connectivity index is 2.19. The van der Waals surface area contributed by atoms with Gasteiger partial charge in [0.25, 0.3) is 0 Å². The zero-order chi connectivity index (χ0) is 15.9. The molecule has 0 aliphatic rings. The Morgan fingerprint density at radius 3 is 2.55 bits per heavy atom. The molecule has 0 heterocycles. The van der Waals surface area contributed by atoms with Gasteiger partial charge in [0.05, 0.1) is 19.3 Å². The molecule has 2 aromatic carbocycles. The zero-order valence-corrected chi connectivity index (χ0v) is 12.5. The van der Waals surface area contributed by atoms with Gasteiger partial charge in [-0.2, -0.15) is 0 Å². The van der Waals surface area contributed by atoms with Crippen LogP contribution in [-0.2, 0) is 6.61 Å². The maximum Gasteiger partial charge on any atom is 0.335 e. The molecule has 0 aliphatic heterocycles. The smallest absolute Gasteiger partial charge is 0.335 e. The summed E-state index contributed by atoms with van der Waals surface area (Å²) in [7, 11) is 1.59. The van der Waals surface area contributed by atoms with Crippen molar-refractivity contribution in [3.05, 3.63) is 53.6 Å². The van der Waals surface area contributed by atoms with Crippen LogP contribution < -0.4 is 14.2 Å². The van der Waals surface area contributed by atoms with E-state index in [1.807, 2.05) is 25.1 Å². The first kappa shape index (κ1) is 15.7. The molecular weight excluding hydrogens is 284 g/mol. The third kappa shape index (κ3) is 3.91. The molecular formula is C17H18O5. The summed E-state index contributed by atoms with van der Waals surface area (Å²) >= 11 is 0. The maximum atomic E-state index is 11.1. The van der Waals surface area contributed by atoms with Gasteiger partial charge in [-0.25, -0.2) is 4.79 Å². The van der Waals surface area contributed by atoms with Crippen molar-refractivity contribution >= 4 is 5.97 Å². The van der Waals surface area contributed by atoms with E-state index >= 15 is 0 Å². The van der Waals surface area contributed by atoms with E-state index < -0.39 is 5.97 Å². The lowest BCUT2D eigenvalue weighted by Crippen LogP contribution is -2.04. The van der Waals surface area contributed by atoms with Crippen LogP contribution in [-0.4, -0.2) is 24.8 Å². The first-order valence-corrected chi connectivity index (χ1v) is 6.90. The summed E-state index contributed by atoms with van der Waals surface area (Å²) in [5.41, 5.74) is 0.886. The summed E-state index contributed by atoms with van der Waals surface area (Å²) in [6.45, 7) is 2.58. The van der Waals surface area contributed by atoms with Crippen LogP contribution in [0.1, 0.15) is 22.8 Å². The Morgan fingerprint density at radius 1 is 1.09 bits per heavy atom. The minimum atomic E-state index is -0.981. The summed E-state index contributed by atoms with van der Waals surface area (Å²) in [6.07, 6.45) is 0. The van der Waals surface area contributed by atoms with E-state index in [-0.39, 0.29) is 12.2 Å². The number of methoxy groups -OCH3 is 1. The Morgan fingerprint density at radius 2 is 1.86 bits per heavy atom. The molecule has 0 amide bonds. The van der Waals surface area contributed by atoms with Crippen molar-refractivity contribution in [1.29, 1.82) is 0 Å². The first-order chi connectivity index (χ1) is 10.6. The fourth-order valence-electron chi connectivity index (χ4n) is 1.97. The van der Waals surface area contributed by atoms with Crippen molar-refractivity contribution in [2.24, 2.45) is 0 Å². The highest BCUT2D eigenvalue weighted by Gasteiger charge is 2.10. The molecule has 0 spiro atoms. The summed E-state index contributed by atoms with van der Waals surface area (Å²) in [5.74, 6) is 0.977. The van der Waals surface area contributed by atoms with E-state index in [0.29, 0.717) is 29.4 Å². The Bertz CT molecular complexity index is 651. The van der Waals surface area contributed by atoms with Crippen LogP contribution in [0, 0.1) is 0 Å². The molecule has 2 aromatic rings. The normalized spacial score (nSPS) is 10.1. The van der Waals surface area contributed by atoms with Crippen molar-refractivity contribution in [1.82, 2.24) is 0 Å². The molecule has 0 bridgehead atoms. The van der Waals surface area contributed by atoms with Gasteiger partial charge in [0.1, 0.15) is 23.9 Å². The molecule has 0 saturated carbocycles. The van der Waals surface area contributed by atoms with Gasteiger partial charge >= 0.3 is 5.97 Å². The SMILES string of the molecule is CCOc1ccc(C(=O)O)cc1COc1cccc(OC)c1. The lowest BCUT2D eigenvalue weighted by molar-refractivity contribution is 0.0696. The van der Waals surface area contributed by atoms with Crippen LogP contribution in [0.5, 0.6) is 17.2 Å². The van der Waals surface area contributed by atoms with Crippen LogP contribution >= 0.6 is 0 Å². The fourth-order valence-corrected chi connectivity index (χ4v) is 1.97. The molecule has 0 fully saturated rings. The van der Waals surface area contributed by atoms with Crippen LogP contribution in [0.25, 0.3) is 0 Å². The highest BCUT2D eigenvalue weighted by molar-refractivity contribution is 5.88. The van der Waals surface area contributed by atoms with Gasteiger partial charge in [-0.05, 0) is 37.3 Å². The molecule has 0 saturated heterocycles. The highest BCUT2D eigenvalue weighted by Crippen LogP contribution is 2.24. The van der Waals surface area contributed by atoms with Gasteiger partial charge in [0.15, 0.2) is 0 Å². The molecule has 22 heavy (non-hydrogen) atoms. The summed E-state index contributed by atoms with van der Waals surface area (Å²) < 4.78 is 16.3. The highest BCUT2D eigenvalue weighted by atomic mass is 16.5. The second kappa shape index (κ2) is 7.36. The molecule has 5 heteroatoms. The fraction of sp³-hybridized carbons (Fsp3) is 0.235. The minimum Gasteiger partial charge on any atom is -0.497 e. The van der Waals surface area contributed by atoms with E-state index in [0.717, 1.165) is 0 Å². The molecule has 2 rings (SSSR count). The summed E-state index contributed by atoms with van der Waals surface area (Å²) in [6, 6.07) is 12.0. The Hall–Kier alpha value is -2.69. The van der Waals surface area contributed by atoms with Gasteiger partial charge in [-0.1, -0.05) is 6.07 Å². The monoisotopic (exact) mass is 302 g/mol. The van der Waals surface area contributed by atoms with Crippen molar-refractivity contribution < 1.29 is 24.1 Å². The number of aromatic carboxylic acids is 1. The average molecular weight is 302 g/mol. The second-order valence-electron chi connectivity index (χ2n) is 4.53. The lowest BCUT2D eigenvalue weighted by Gasteiger charge is -2.13. The average Bonchev–Trinajstić information content (AvgIpc) is 2.54. The molecule has 0 aliphatic carbocycles. The van der Waals surface area contributed by atoms with Crippen LogP contribution in [0.15, 0.2) is 42.5 Å². The number of ether oxygens (including phenoxy) is 3. The summed E-state index contributed by atoms with van der Waals surface area (Å²) in [5, 5.41) is 9.09. The number of carboxylic acids is 1. The van der Waals surface area contributed by atoms with Gasteiger partial charge in [0, 0.05) is 11.6 Å². The molecule has 0 unspecified atom stereocenters. The number of benzene rings is 2. The van der Waals surface area contributed by atoms with Gasteiger partial charge in [-0.15, -0.1) is 0 Å². The first-order valence-electron chi connectivity index (χ1n) is 6.90. The van der Waals surface area contributed by atoms with Crippen molar-refractivity contribution in [3.8, 4) is 17.2 Å². The van der Waals surface area contributed by atoms with E-state index in [2.05, 4.69) is 0 Å². The Labute approximate surface area is 129 Å². The van der Waals surface area contributed by atoms with Gasteiger partial charge < -0.3 is 19.3 Å². The van der Waals surface area contributed by atoms with Crippen molar-refractivity contribution in [2.75, 3.05) is 13.7 Å². The molecule has 0 radical (unpaired) electrons. The van der Waals surface area contributed by atoms with Crippen LogP contribution in [0.4, 0.5) is 0 Å². The van der Waals surface area contributed by atoms with Gasteiger partial charge in [0.2, 0.25) is 0 Å². The standard InChI is InChI=1S/C17H18O5/c1-3-21-16-8-7-12(17(18)19)9-13(16)11-22-15-6-4-5-14(10-15)20-2/h4-10H,3,11H2,1-2H3,(H,18,19).